The second kappa shape index (κ2) is 19.1. The van der Waals surface area contributed by atoms with Crippen molar-refractivity contribution >= 4 is 5.97 Å². The van der Waals surface area contributed by atoms with E-state index in [9.17, 15) is 13.6 Å². The molecule has 0 aromatic heterocycles. The molecule has 0 spiro atoms. The van der Waals surface area contributed by atoms with E-state index in [4.69, 9.17) is 0 Å². The van der Waals surface area contributed by atoms with Crippen LogP contribution in [0.5, 0.6) is 0 Å². The van der Waals surface area contributed by atoms with Crippen LogP contribution in [0.4, 0.5) is 8.78 Å². The Labute approximate surface area is 166 Å². The lowest BCUT2D eigenvalue weighted by atomic mass is 9.86. The minimum atomic E-state index is -2.58. The van der Waals surface area contributed by atoms with Gasteiger partial charge in [0.1, 0.15) is 0 Å². The van der Waals surface area contributed by atoms with Crippen LogP contribution in [-0.4, -0.2) is 18.5 Å². The molecule has 0 aliphatic rings. The molecule has 0 bridgehead atoms. The monoisotopic (exact) mass is 386 g/mol. The lowest BCUT2D eigenvalue weighted by molar-refractivity contribution is -0.140. The first-order valence-corrected chi connectivity index (χ1v) is 9.86. The fourth-order valence-electron chi connectivity index (χ4n) is 2.51. The zero-order valence-corrected chi connectivity index (χ0v) is 18.4. The van der Waals surface area contributed by atoms with Gasteiger partial charge in [-0.05, 0) is 25.8 Å². The normalized spacial score (nSPS) is 10.7. The molecule has 1 aromatic carbocycles. The van der Waals surface area contributed by atoms with Gasteiger partial charge in [0.05, 0.1) is 6.61 Å². The average molecular weight is 387 g/mol. The number of carbonyl (C=O) groups excluding carboxylic acids is 1. The third kappa shape index (κ3) is 15.1. The van der Waals surface area contributed by atoms with Gasteiger partial charge in [0.25, 0.3) is 5.92 Å². The number of alkyl halides is 2. The van der Waals surface area contributed by atoms with Gasteiger partial charge in [0.2, 0.25) is 0 Å². The van der Waals surface area contributed by atoms with E-state index in [1.54, 1.807) is 6.92 Å². The summed E-state index contributed by atoms with van der Waals surface area (Å²) in [6.45, 7) is 19.4. The van der Waals surface area contributed by atoms with Crippen LogP contribution in [0.15, 0.2) is 37.4 Å². The van der Waals surface area contributed by atoms with Gasteiger partial charge < -0.3 is 4.74 Å². The van der Waals surface area contributed by atoms with Gasteiger partial charge in [-0.15, -0.1) is 13.2 Å². The van der Waals surface area contributed by atoms with Gasteiger partial charge >= 0.3 is 5.97 Å². The van der Waals surface area contributed by atoms with Crippen molar-refractivity contribution < 1.29 is 18.3 Å². The lowest BCUT2D eigenvalue weighted by Gasteiger charge is -2.27. The van der Waals surface area contributed by atoms with Crippen molar-refractivity contribution in [1.29, 1.82) is 0 Å². The van der Waals surface area contributed by atoms with Crippen molar-refractivity contribution in [2.75, 3.05) is 6.61 Å². The maximum Gasteiger partial charge on any atom is 0.302 e. The summed E-state index contributed by atoms with van der Waals surface area (Å²) in [5.41, 5.74) is 1.83. The zero-order chi connectivity index (χ0) is 21.9. The van der Waals surface area contributed by atoms with E-state index in [1.807, 2.05) is 58.9 Å². The third-order valence-corrected chi connectivity index (χ3v) is 3.46. The molecule has 0 amide bonds. The number of esters is 1. The Morgan fingerprint density at radius 2 is 1.70 bits per heavy atom. The summed E-state index contributed by atoms with van der Waals surface area (Å²) < 4.78 is 32.6. The second-order valence-electron chi connectivity index (χ2n) is 5.69. The quantitative estimate of drug-likeness (QED) is 0.354. The third-order valence-electron chi connectivity index (χ3n) is 3.46. The van der Waals surface area contributed by atoms with Gasteiger partial charge in [0.15, 0.2) is 0 Å². The van der Waals surface area contributed by atoms with Gasteiger partial charge in [-0.1, -0.05) is 70.4 Å². The molecule has 0 aliphatic carbocycles. The molecule has 0 N–H and O–H groups in total. The highest BCUT2D eigenvalue weighted by molar-refractivity contribution is 5.65. The Hall–Kier alpha value is -1.71. The van der Waals surface area contributed by atoms with Crippen LogP contribution in [0.25, 0.3) is 0 Å². The Morgan fingerprint density at radius 1 is 1.15 bits per heavy atom. The summed E-state index contributed by atoms with van der Waals surface area (Å²) in [6.07, 6.45) is 1.85. The summed E-state index contributed by atoms with van der Waals surface area (Å²) >= 11 is 0. The van der Waals surface area contributed by atoms with Crippen LogP contribution in [0, 0.1) is 6.92 Å². The fourth-order valence-corrected chi connectivity index (χ4v) is 2.51. The van der Waals surface area contributed by atoms with E-state index in [2.05, 4.69) is 17.9 Å². The average Bonchev–Trinajstić information content (AvgIpc) is 2.63. The van der Waals surface area contributed by atoms with E-state index in [0.717, 1.165) is 17.5 Å². The van der Waals surface area contributed by atoms with Crippen molar-refractivity contribution in [2.24, 2.45) is 0 Å². The summed E-state index contributed by atoms with van der Waals surface area (Å²) in [6, 6.07) is 7.54. The summed E-state index contributed by atoms with van der Waals surface area (Å²) in [5, 5.41) is 0. The number of benzene rings is 1. The largest absolute Gasteiger partial charge is 0.466 e. The molecule has 1 atom stereocenters. The fraction of sp³-hybridized carbons (Fsp3) is 0.609. The Balaban J connectivity index is -0.000000484. The maximum atomic E-state index is 14.1. The minimum Gasteiger partial charge on any atom is -0.466 e. The standard InChI is InChI=1S/C15H22F2.C4H8O2.C2H6.C2H4/c1-4-7-14(15(16,17)10-5-2)13-9-6-8-12(3)11-13;1-3-6-4(2)5;2*1-2/h6,8-9,11,14H,4-5,7,10H2,1-3H3;3H2,1-2H3;1-2H3;1-2H2. The number of hydrogen-bond acceptors (Lipinski definition) is 2. The first-order chi connectivity index (χ1) is 12.8. The summed E-state index contributed by atoms with van der Waals surface area (Å²) in [7, 11) is 0. The van der Waals surface area contributed by atoms with Crippen LogP contribution in [-0.2, 0) is 9.53 Å². The predicted molar refractivity (Wildman–Crippen MR) is 114 cm³/mol. The van der Waals surface area contributed by atoms with Crippen LogP contribution in [0.1, 0.15) is 84.3 Å². The van der Waals surface area contributed by atoms with Crippen molar-refractivity contribution in [3.05, 3.63) is 48.6 Å². The molecule has 1 aromatic rings. The maximum absolute atomic E-state index is 14.1. The lowest BCUT2D eigenvalue weighted by Crippen LogP contribution is -2.26. The molecular formula is C23H40F2O2. The van der Waals surface area contributed by atoms with Crippen LogP contribution in [0.3, 0.4) is 0 Å². The van der Waals surface area contributed by atoms with Gasteiger partial charge in [-0.25, -0.2) is 8.78 Å². The number of rotatable bonds is 7. The number of ether oxygens (including phenoxy) is 1. The van der Waals surface area contributed by atoms with Crippen LogP contribution >= 0.6 is 0 Å². The highest BCUT2D eigenvalue weighted by atomic mass is 19.3. The van der Waals surface area contributed by atoms with E-state index < -0.39 is 11.8 Å². The zero-order valence-electron chi connectivity index (χ0n) is 18.4. The van der Waals surface area contributed by atoms with Crippen LogP contribution in [0.2, 0.25) is 0 Å². The van der Waals surface area contributed by atoms with Crippen molar-refractivity contribution in [3.63, 3.8) is 0 Å². The van der Waals surface area contributed by atoms with E-state index >= 15 is 0 Å². The van der Waals surface area contributed by atoms with E-state index in [-0.39, 0.29) is 12.4 Å². The topological polar surface area (TPSA) is 26.3 Å². The summed E-state index contributed by atoms with van der Waals surface area (Å²) in [5.74, 6) is -3.43. The highest BCUT2D eigenvalue weighted by Gasteiger charge is 2.38. The number of hydrogen-bond donors (Lipinski definition) is 0. The molecule has 2 nitrogen and oxygen atoms in total. The minimum absolute atomic E-state index is 0.0222. The Morgan fingerprint density at radius 3 is 2.04 bits per heavy atom. The molecule has 27 heavy (non-hydrogen) atoms. The molecule has 0 saturated carbocycles. The van der Waals surface area contributed by atoms with Crippen molar-refractivity contribution in [2.45, 2.75) is 86.0 Å². The van der Waals surface area contributed by atoms with E-state index in [0.29, 0.717) is 19.4 Å². The van der Waals surface area contributed by atoms with E-state index in [1.165, 1.54) is 6.92 Å². The molecule has 0 fully saturated rings. The summed E-state index contributed by atoms with van der Waals surface area (Å²) in [4.78, 5) is 9.82. The highest BCUT2D eigenvalue weighted by Crippen LogP contribution is 2.40. The first kappa shape index (κ1) is 30.0. The SMILES string of the molecule is C=C.CC.CCCC(c1cccc(C)c1)C(F)(F)CCC.CCOC(C)=O. The molecule has 1 rings (SSSR count). The van der Waals surface area contributed by atoms with Crippen molar-refractivity contribution in [1.82, 2.24) is 0 Å². The number of halogens is 2. The molecule has 0 aliphatic heterocycles. The molecule has 0 saturated heterocycles. The molecule has 0 radical (unpaired) electrons. The Bertz CT molecular complexity index is 473. The molecule has 4 heteroatoms. The van der Waals surface area contributed by atoms with Crippen molar-refractivity contribution in [3.8, 4) is 0 Å². The molecule has 1 unspecified atom stereocenters. The number of carbonyl (C=O) groups is 1. The van der Waals surface area contributed by atoms with Gasteiger partial charge in [0, 0.05) is 19.3 Å². The molecule has 0 heterocycles. The smallest absolute Gasteiger partial charge is 0.302 e. The van der Waals surface area contributed by atoms with Gasteiger partial charge in [-0.3, -0.25) is 4.79 Å². The Kier molecular flexibility index (Phi) is 21.2. The molecule has 158 valence electrons. The van der Waals surface area contributed by atoms with Gasteiger partial charge in [-0.2, -0.15) is 0 Å². The van der Waals surface area contributed by atoms with Crippen LogP contribution < -0.4 is 0 Å². The molecular weight excluding hydrogens is 346 g/mol. The second-order valence-corrected chi connectivity index (χ2v) is 5.69. The number of aryl methyl sites for hydroxylation is 1. The predicted octanol–water partition coefficient (Wildman–Crippen LogP) is 7.71. The first-order valence-electron chi connectivity index (χ1n) is 9.86.